The maximum absolute atomic E-state index is 5.63. The third kappa shape index (κ3) is 3.38. The van der Waals surface area contributed by atoms with Gasteiger partial charge in [-0.15, -0.1) is 0 Å². The van der Waals surface area contributed by atoms with Crippen molar-refractivity contribution in [3.05, 3.63) is 23.9 Å². The number of hydrogen-bond acceptors (Lipinski definition) is 4. The molecule has 1 aromatic rings. The molecule has 1 unspecified atom stereocenters. The summed E-state index contributed by atoms with van der Waals surface area (Å²) in [7, 11) is 0. The van der Waals surface area contributed by atoms with Crippen LogP contribution >= 0.6 is 12.2 Å². The molecular weight excluding hydrogens is 236 g/mol. The number of pyridine rings is 1. The third-order valence-corrected chi connectivity index (χ3v) is 2.94. The number of thiocarbonyl (C=S) groups is 1. The van der Waals surface area contributed by atoms with Gasteiger partial charge in [0, 0.05) is 12.8 Å². The van der Waals surface area contributed by atoms with Crippen LogP contribution in [-0.4, -0.2) is 29.3 Å². The quantitative estimate of drug-likeness (QED) is 0.826. The van der Waals surface area contributed by atoms with Crippen molar-refractivity contribution in [2.75, 3.05) is 13.2 Å². The molecule has 1 atom stereocenters. The zero-order valence-electron chi connectivity index (χ0n) is 9.59. The smallest absolute Gasteiger partial charge is 0.223 e. The predicted octanol–water partition coefficient (Wildman–Crippen LogP) is 1.66. The zero-order chi connectivity index (χ0) is 12.1. The first-order valence-corrected chi connectivity index (χ1v) is 6.17. The zero-order valence-corrected chi connectivity index (χ0v) is 10.4. The van der Waals surface area contributed by atoms with Gasteiger partial charge in [-0.3, -0.25) is 0 Å². The second kappa shape index (κ2) is 5.93. The van der Waals surface area contributed by atoms with Crippen molar-refractivity contribution < 1.29 is 9.47 Å². The van der Waals surface area contributed by atoms with Gasteiger partial charge in [0.15, 0.2) is 0 Å². The maximum Gasteiger partial charge on any atom is 0.223 e. The molecule has 1 aliphatic rings. The molecule has 17 heavy (non-hydrogen) atoms. The first kappa shape index (κ1) is 12.3. The average molecular weight is 252 g/mol. The summed E-state index contributed by atoms with van der Waals surface area (Å²) in [5.41, 5.74) is 6.28. The number of nitrogens with zero attached hydrogens (tertiary/aromatic N) is 1. The number of nitrogens with two attached hydrogens (primary N) is 1. The maximum atomic E-state index is 5.63. The molecule has 1 aromatic heterocycles. The van der Waals surface area contributed by atoms with Gasteiger partial charge < -0.3 is 15.2 Å². The molecule has 5 heteroatoms. The lowest BCUT2D eigenvalue weighted by atomic mass is 10.1. The third-order valence-electron chi connectivity index (χ3n) is 2.72. The van der Waals surface area contributed by atoms with Gasteiger partial charge >= 0.3 is 0 Å². The molecule has 0 amide bonds. The molecule has 0 radical (unpaired) electrons. The van der Waals surface area contributed by atoms with Crippen molar-refractivity contribution in [2.45, 2.75) is 25.4 Å². The topological polar surface area (TPSA) is 57.4 Å². The van der Waals surface area contributed by atoms with E-state index in [0.29, 0.717) is 23.0 Å². The van der Waals surface area contributed by atoms with Crippen molar-refractivity contribution in [2.24, 2.45) is 5.73 Å². The Hall–Kier alpha value is -1.20. The van der Waals surface area contributed by atoms with Crippen LogP contribution < -0.4 is 10.5 Å². The summed E-state index contributed by atoms with van der Waals surface area (Å²) in [5.74, 6) is 0.495. The molecule has 2 heterocycles. The summed E-state index contributed by atoms with van der Waals surface area (Å²) in [4.78, 5) is 4.44. The van der Waals surface area contributed by atoms with E-state index in [2.05, 4.69) is 4.98 Å². The number of hydrogen-bond donors (Lipinski definition) is 1. The highest BCUT2D eigenvalue weighted by Gasteiger charge is 2.16. The van der Waals surface area contributed by atoms with E-state index in [-0.39, 0.29) is 6.10 Å². The largest absolute Gasteiger partial charge is 0.474 e. The van der Waals surface area contributed by atoms with Crippen molar-refractivity contribution in [3.63, 3.8) is 0 Å². The molecule has 1 saturated heterocycles. The molecule has 2 N–H and O–H groups in total. The summed E-state index contributed by atoms with van der Waals surface area (Å²) >= 11 is 4.95. The Morgan fingerprint density at radius 2 is 2.47 bits per heavy atom. The SMILES string of the molecule is NC(=S)c1cccnc1OCC1CCCCO1. The summed E-state index contributed by atoms with van der Waals surface area (Å²) < 4.78 is 11.2. The van der Waals surface area contributed by atoms with E-state index < -0.39 is 0 Å². The van der Waals surface area contributed by atoms with Gasteiger partial charge in [-0.1, -0.05) is 12.2 Å². The minimum absolute atomic E-state index is 0.157. The summed E-state index contributed by atoms with van der Waals surface area (Å²) in [6.07, 6.45) is 5.19. The van der Waals surface area contributed by atoms with Crippen LogP contribution in [0.25, 0.3) is 0 Å². The van der Waals surface area contributed by atoms with Gasteiger partial charge in [-0.2, -0.15) is 0 Å². The highest BCUT2D eigenvalue weighted by molar-refractivity contribution is 7.80. The van der Waals surface area contributed by atoms with E-state index >= 15 is 0 Å². The van der Waals surface area contributed by atoms with Crippen LogP contribution in [0.5, 0.6) is 5.88 Å². The van der Waals surface area contributed by atoms with Crippen LogP contribution in [0.2, 0.25) is 0 Å². The lowest BCUT2D eigenvalue weighted by Crippen LogP contribution is -2.26. The minimum Gasteiger partial charge on any atom is -0.474 e. The van der Waals surface area contributed by atoms with Crippen molar-refractivity contribution in [1.29, 1.82) is 0 Å². The lowest BCUT2D eigenvalue weighted by molar-refractivity contribution is -0.0119. The fraction of sp³-hybridized carbons (Fsp3) is 0.500. The minimum atomic E-state index is 0.157. The number of aromatic nitrogens is 1. The highest BCUT2D eigenvalue weighted by atomic mass is 32.1. The Bertz CT molecular complexity index is 392. The second-order valence-corrected chi connectivity index (χ2v) is 4.46. The predicted molar refractivity (Wildman–Crippen MR) is 69.2 cm³/mol. The van der Waals surface area contributed by atoms with Crippen LogP contribution in [0, 0.1) is 0 Å². The highest BCUT2D eigenvalue weighted by Crippen LogP contribution is 2.17. The Kier molecular flexibility index (Phi) is 4.28. The van der Waals surface area contributed by atoms with E-state index in [1.54, 1.807) is 12.3 Å². The molecular formula is C12H16N2O2S. The molecule has 0 aliphatic carbocycles. The normalized spacial score (nSPS) is 19.9. The van der Waals surface area contributed by atoms with Gasteiger partial charge in [0.1, 0.15) is 11.6 Å². The molecule has 4 nitrogen and oxygen atoms in total. The van der Waals surface area contributed by atoms with Crippen LogP contribution in [0.15, 0.2) is 18.3 Å². The fourth-order valence-corrected chi connectivity index (χ4v) is 1.96. The van der Waals surface area contributed by atoms with Gasteiger partial charge in [0.25, 0.3) is 0 Å². The van der Waals surface area contributed by atoms with Gasteiger partial charge in [0.2, 0.25) is 5.88 Å². The Balaban J connectivity index is 1.96. The van der Waals surface area contributed by atoms with Crippen LogP contribution in [0.4, 0.5) is 0 Å². The Labute approximate surface area is 106 Å². The van der Waals surface area contributed by atoms with E-state index in [0.717, 1.165) is 19.4 Å². The molecule has 0 aromatic carbocycles. The van der Waals surface area contributed by atoms with Crippen LogP contribution in [-0.2, 0) is 4.74 Å². The average Bonchev–Trinajstić information content (AvgIpc) is 2.38. The van der Waals surface area contributed by atoms with Crippen LogP contribution in [0.3, 0.4) is 0 Å². The molecule has 2 rings (SSSR count). The van der Waals surface area contributed by atoms with Gasteiger partial charge in [-0.25, -0.2) is 4.98 Å². The van der Waals surface area contributed by atoms with Crippen molar-refractivity contribution in [3.8, 4) is 5.88 Å². The van der Waals surface area contributed by atoms with Crippen LogP contribution in [0.1, 0.15) is 24.8 Å². The van der Waals surface area contributed by atoms with E-state index in [9.17, 15) is 0 Å². The second-order valence-electron chi connectivity index (χ2n) is 4.02. The van der Waals surface area contributed by atoms with E-state index in [4.69, 9.17) is 27.4 Å². The van der Waals surface area contributed by atoms with Gasteiger partial charge in [-0.05, 0) is 31.4 Å². The standard InChI is InChI=1S/C12H16N2O2S/c13-11(17)10-5-3-6-14-12(10)16-8-9-4-1-2-7-15-9/h3,5-6,9H,1-2,4,7-8H2,(H2,13,17). The monoisotopic (exact) mass is 252 g/mol. The summed E-state index contributed by atoms with van der Waals surface area (Å²) in [6.45, 7) is 1.32. The van der Waals surface area contributed by atoms with Crippen molar-refractivity contribution in [1.82, 2.24) is 4.98 Å². The summed E-state index contributed by atoms with van der Waals surface area (Å²) in [5, 5.41) is 0. The first-order chi connectivity index (χ1) is 8.27. The first-order valence-electron chi connectivity index (χ1n) is 5.76. The molecule has 92 valence electrons. The lowest BCUT2D eigenvalue weighted by Gasteiger charge is -2.22. The number of ether oxygens (including phenoxy) is 2. The van der Waals surface area contributed by atoms with Crippen molar-refractivity contribution >= 4 is 17.2 Å². The Morgan fingerprint density at radius 3 is 3.18 bits per heavy atom. The molecule has 1 aliphatic heterocycles. The van der Waals surface area contributed by atoms with E-state index in [1.807, 2.05) is 6.07 Å². The number of rotatable bonds is 4. The van der Waals surface area contributed by atoms with Gasteiger partial charge in [0.05, 0.1) is 11.7 Å². The van der Waals surface area contributed by atoms with E-state index in [1.165, 1.54) is 6.42 Å². The molecule has 0 spiro atoms. The fourth-order valence-electron chi connectivity index (χ4n) is 1.80. The molecule has 1 fully saturated rings. The molecule has 0 saturated carbocycles. The molecule has 0 bridgehead atoms. The summed E-state index contributed by atoms with van der Waals surface area (Å²) in [6, 6.07) is 3.60. The Morgan fingerprint density at radius 1 is 1.59 bits per heavy atom.